The van der Waals surface area contributed by atoms with Crippen LogP contribution in [0.3, 0.4) is 0 Å². The van der Waals surface area contributed by atoms with E-state index in [2.05, 4.69) is 15.5 Å². The highest BCUT2D eigenvalue weighted by atomic mass is 19.2. The molecule has 3 aromatic rings. The Hall–Kier alpha value is -2.80. The minimum atomic E-state index is -1.59. The maximum Gasteiger partial charge on any atom is 0.194 e. The van der Waals surface area contributed by atoms with Gasteiger partial charge in [-0.05, 0) is 18.6 Å². The van der Waals surface area contributed by atoms with Crippen LogP contribution in [0.5, 0.6) is 0 Å². The fraction of sp³-hybridized carbons (Fsp3) is 0.476. The van der Waals surface area contributed by atoms with Crippen LogP contribution < -0.4 is 0 Å². The van der Waals surface area contributed by atoms with Crippen molar-refractivity contribution in [2.45, 2.75) is 50.2 Å². The van der Waals surface area contributed by atoms with Gasteiger partial charge in [-0.3, -0.25) is 0 Å². The Morgan fingerprint density at radius 1 is 1.15 bits per heavy atom. The summed E-state index contributed by atoms with van der Waals surface area (Å²) in [6.45, 7) is 1.46. The van der Waals surface area contributed by atoms with Gasteiger partial charge in [0, 0.05) is 25.2 Å². The summed E-state index contributed by atoms with van der Waals surface area (Å²) in [6.07, 6.45) is -1.31. The van der Waals surface area contributed by atoms with E-state index in [1.54, 1.807) is 6.07 Å². The molecule has 0 unspecified atom stereocenters. The van der Waals surface area contributed by atoms with E-state index >= 15 is 0 Å². The van der Waals surface area contributed by atoms with Crippen LogP contribution in [-0.4, -0.2) is 68.5 Å². The van der Waals surface area contributed by atoms with Gasteiger partial charge in [0.15, 0.2) is 17.5 Å². The molecule has 0 bridgehead atoms. The number of hydrogen-bond donors (Lipinski definition) is 2. The number of aromatic nitrogens is 4. The van der Waals surface area contributed by atoms with Gasteiger partial charge in [0.05, 0.1) is 24.6 Å². The number of aliphatic hydroxyl groups is 2. The SMILES string of the molecule is CCc1cc(C[C@H]2O[C@H](CO)[C@H](O)[C@H](n3cc(-c4cc(F)c(F)c(F)c4)nn3)[C@H]2OC)on1. The number of methoxy groups -OCH3 is 1. The second kappa shape index (κ2) is 9.59. The van der Waals surface area contributed by atoms with Crippen LogP contribution in [-0.2, 0) is 22.3 Å². The second-order valence-corrected chi connectivity index (χ2v) is 7.76. The average Bonchev–Trinajstić information content (AvgIpc) is 3.47. The number of aliphatic hydroxyl groups excluding tert-OH is 2. The Morgan fingerprint density at radius 2 is 1.88 bits per heavy atom. The van der Waals surface area contributed by atoms with Crippen molar-refractivity contribution in [2.75, 3.05) is 13.7 Å². The zero-order chi connectivity index (χ0) is 23.7. The zero-order valence-corrected chi connectivity index (χ0v) is 17.9. The fourth-order valence-electron chi connectivity index (χ4n) is 4.01. The molecule has 9 nitrogen and oxygen atoms in total. The van der Waals surface area contributed by atoms with E-state index < -0.39 is 54.5 Å². The molecule has 178 valence electrons. The molecule has 1 fully saturated rings. The summed E-state index contributed by atoms with van der Waals surface area (Å²) in [6, 6.07) is 2.52. The number of hydrogen-bond acceptors (Lipinski definition) is 8. The Bertz CT molecular complexity index is 1080. The summed E-state index contributed by atoms with van der Waals surface area (Å²) in [7, 11) is 1.43. The van der Waals surface area contributed by atoms with Gasteiger partial charge in [-0.2, -0.15) is 0 Å². The van der Waals surface area contributed by atoms with Gasteiger partial charge in [-0.25, -0.2) is 17.9 Å². The number of aryl methyl sites for hydroxylation is 1. The molecule has 1 saturated heterocycles. The van der Waals surface area contributed by atoms with Crippen LogP contribution in [0.2, 0.25) is 0 Å². The van der Waals surface area contributed by atoms with Gasteiger partial charge in [0.25, 0.3) is 0 Å². The predicted octanol–water partition coefficient (Wildman–Crippen LogP) is 1.83. The third kappa shape index (κ3) is 4.51. The van der Waals surface area contributed by atoms with Gasteiger partial charge < -0.3 is 24.2 Å². The van der Waals surface area contributed by atoms with Crippen LogP contribution in [0.1, 0.15) is 24.4 Å². The molecule has 2 aromatic heterocycles. The minimum absolute atomic E-state index is 0.0304. The molecule has 33 heavy (non-hydrogen) atoms. The van der Waals surface area contributed by atoms with Crippen molar-refractivity contribution in [3.05, 3.63) is 53.3 Å². The molecule has 3 heterocycles. The molecule has 0 spiro atoms. The van der Waals surface area contributed by atoms with Crippen LogP contribution >= 0.6 is 0 Å². The molecule has 0 aliphatic carbocycles. The van der Waals surface area contributed by atoms with E-state index in [0.29, 0.717) is 12.2 Å². The van der Waals surface area contributed by atoms with E-state index in [1.807, 2.05) is 6.92 Å². The van der Waals surface area contributed by atoms with Gasteiger partial charge in [0.1, 0.15) is 35.8 Å². The summed E-state index contributed by atoms with van der Waals surface area (Å²) >= 11 is 0. The van der Waals surface area contributed by atoms with Crippen molar-refractivity contribution in [1.82, 2.24) is 20.2 Å². The first-order valence-corrected chi connectivity index (χ1v) is 10.3. The van der Waals surface area contributed by atoms with Crippen LogP contribution in [0.15, 0.2) is 28.9 Å². The lowest BCUT2D eigenvalue weighted by atomic mass is 9.90. The molecule has 0 saturated carbocycles. The lowest BCUT2D eigenvalue weighted by molar-refractivity contribution is -0.212. The van der Waals surface area contributed by atoms with Crippen LogP contribution in [0.25, 0.3) is 11.3 Å². The van der Waals surface area contributed by atoms with Crippen molar-refractivity contribution in [3.63, 3.8) is 0 Å². The first kappa shape index (κ1) is 23.4. The van der Waals surface area contributed by atoms with E-state index in [1.165, 1.54) is 18.0 Å². The van der Waals surface area contributed by atoms with E-state index in [4.69, 9.17) is 14.0 Å². The number of ether oxygens (including phenoxy) is 2. The normalized spacial score (nSPS) is 25.5. The van der Waals surface area contributed by atoms with E-state index in [9.17, 15) is 23.4 Å². The van der Waals surface area contributed by atoms with Crippen molar-refractivity contribution in [3.8, 4) is 11.3 Å². The third-order valence-corrected chi connectivity index (χ3v) is 5.70. The molecule has 1 aliphatic rings. The summed E-state index contributed by atoms with van der Waals surface area (Å²) in [5.74, 6) is -3.77. The summed E-state index contributed by atoms with van der Waals surface area (Å²) in [5, 5.41) is 32.5. The highest BCUT2D eigenvalue weighted by Gasteiger charge is 2.47. The molecule has 2 N–H and O–H groups in total. The number of rotatable bonds is 7. The fourth-order valence-corrected chi connectivity index (χ4v) is 4.01. The summed E-state index contributed by atoms with van der Waals surface area (Å²) < 4.78 is 58.7. The second-order valence-electron chi connectivity index (χ2n) is 7.76. The highest BCUT2D eigenvalue weighted by molar-refractivity contribution is 5.57. The van der Waals surface area contributed by atoms with Crippen molar-refractivity contribution < 1.29 is 37.4 Å². The lowest BCUT2D eigenvalue weighted by Gasteiger charge is -2.43. The first-order chi connectivity index (χ1) is 15.9. The smallest absolute Gasteiger partial charge is 0.194 e. The summed E-state index contributed by atoms with van der Waals surface area (Å²) in [5.41, 5.74) is 0.795. The van der Waals surface area contributed by atoms with Gasteiger partial charge in [-0.15, -0.1) is 5.10 Å². The van der Waals surface area contributed by atoms with E-state index in [-0.39, 0.29) is 17.7 Å². The maximum atomic E-state index is 13.7. The Labute approximate surface area is 186 Å². The van der Waals surface area contributed by atoms with Crippen LogP contribution in [0, 0.1) is 17.5 Å². The van der Waals surface area contributed by atoms with Gasteiger partial charge >= 0.3 is 0 Å². The largest absolute Gasteiger partial charge is 0.394 e. The first-order valence-electron chi connectivity index (χ1n) is 10.3. The molecule has 0 radical (unpaired) electrons. The van der Waals surface area contributed by atoms with Crippen molar-refractivity contribution in [1.29, 1.82) is 0 Å². The molecular formula is C21H23F3N4O5. The maximum absolute atomic E-state index is 13.7. The van der Waals surface area contributed by atoms with Crippen molar-refractivity contribution >= 4 is 0 Å². The minimum Gasteiger partial charge on any atom is -0.394 e. The molecule has 5 atom stereocenters. The molecule has 12 heteroatoms. The molecule has 1 aromatic carbocycles. The third-order valence-electron chi connectivity index (χ3n) is 5.70. The number of benzene rings is 1. The van der Waals surface area contributed by atoms with Gasteiger partial charge in [-0.1, -0.05) is 17.3 Å². The highest BCUT2D eigenvalue weighted by Crippen LogP contribution is 2.34. The molecular weight excluding hydrogens is 445 g/mol. The quantitative estimate of drug-likeness (QED) is 0.505. The standard InChI is InChI=1S/C21H23F3N4O5/c1-3-11-6-12(33-26-11)7-16-21(31-2)19(20(30)17(9-29)32-16)28-8-15(25-27-28)10-4-13(22)18(24)14(23)5-10/h4-6,8,16-17,19-21,29-30H,3,7,9H2,1-2H3/t16-,17-,19+,20+,21+/m1/s1. The monoisotopic (exact) mass is 468 g/mol. The zero-order valence-electron chi connectivity index (χ0n) is 17.9. The Balaban J connectivity index is 1.65. The molecule has 0 amide bonds. The predicted molar refractivity (Wildman–Crippen MR) is 107 cm³/mol. The molecule has 4 rings (SSSR count). The topological polar surface area (TPSA) is 116 Å². The number of nitrogens with zero attached hydrogens (tertiary/aromatic N) is 4. The summed E-state index contributed by atoms with van der Waals surface area (Å²) in [4.78, 5) is 0. The van der Waals surface area contributed by atoms with Crippen LogP contribution in [0.4, 0.5) is 13.2 Å². The van der Waals surface area contributed by atoms with Crippen molar-refractivity contribution in [2.24, 2.45) is 0 Å². The lowest BCUT2D eigenvalue weighted by Crippen LogP contribution is -2.57. The average molecular weight is 468 g/mol. The number of halogens is 3. The Kier molecular flexibility index (Phi) is 6.79. The molecule has 1 aliphatic heterocycles. The van der Waals surface area contributed by atoms with E-state index in [0.717, 1.165) is 17.8 Å². The van der Waals surface area contributed by atoms with Gasteiger partial charge in [0.2, 0.25) is 0 Å². The Morgan fingerprint density at radius 3 is 2.48 bits per heavy atom.